The molecule has 0 amide bonds. The Labute approximate surface area is 173 Å². The highest BCUT2D eigenvalue weighted by molar-refractivity contribution is 5.60. The van der Waals surface area contributed by atoms with Crippen molar-refractivity contribution in [3.63, 3.8) is 0 Å². The molecule has 152 valence electrons. The molecule has 0 radical (unpaired) electrons. The molecule has 3 aromatic rings. The number of aromatic amines is 1. The summed E-state index contributed by atoms with van der Waals surface area (Å²) in [5.74, 6) is 2.53. The molecule has 0 bridgehead atoms. The van der Waals surface area contributed by atoms with Crippen molar-refractivity contribution in [1.29, 1.82) is 0 Å². The zero-order chi connectivity index (χ0) is 20.1. The Morgan fingerprint density at radius 3 is 2.55 bits per heavy atom. The number of rotatable bonds is 7. The fourth-order valence-electron chi connectivity index (χ4n) is 4.24. The number of hydrogen-bond donors (Lipinski definition) is 1. The summed E-state index contributed by atoms with van der Waals surface area (Å²) in [6.45, 7) is 7.09. The van der Waals surface area contributed by atoms with Crippen LogP contribution in [0.4, 0.5) is 0 Å². The quantitative estimate of drug-likeness (QED) is 0.619. The van der Waals surface area contributed by atoms with Crippen LogP contribution in [0.25, 0.3) is 22.6 Å². The molecule has 0 aliphatic carbocycles. The minimum absolute atomic E-state index is 0.688. The first kappa shape index (κ1) is 19.8. The monoisotopic (exact) mass is 389 g/mol. The number of likely N-dealkylation sites (tertiary alicyclic amines) is 1. The minimum Gasteiger partial charge on any atom is -0.342 e. The summed E-state index contributed by atoms with van der Waals surface area (Å²) in [7, 11) is 0. The average Bonchev–Trinajstić information content (AvgIpc) is 3.23. The molecule has 0 unspecified atom stereocenters. The summed E-state index contributed by atoms with van der Waals surface area (Å²) < 4.78 is 0. The van der Waals surface area contributed by atoms with Gasteiger partial charge >= 0.3 is 0 Å². The molecule has 5 heteroatoms. The van der Waals surface area contributed by atoms with Crippen LogP contribution in [0.15, 0.2) is 48.9 Å². The second-order valence-electron chi connectivity index (χ2n) is 8.48. The number of H-pyrrole nitrogens is 1. The summed E-state index contributed by atoms with van der Waals surface area (Å²) in [4.78, 5) is 19.8. The first-order valence-corrected chi connectivity index (χ1v) is 10.8. The number of aryl methyl sites for hydroxylation is 1. The molecule has 1 atom stereocenters. The number of hydrogen-bond acceptors (Lipinski definition) is 4. The van der Waals surface area contributed by atoms with Crippen molar-refractivity contribution in [3.05, 3.63) is 54.7 Å². The molecule has 4 rings (SSSR count). The van der Waals surface area contributed by atoms with E-state index in [9.17, 15) is 0 Å². The van der Waals surface area contributed by atoms with Crippen molar-refractivity contribution in [2.45, 2.75) is 52.0 Å². The van der Waals surface area contributed by atoms with Gasteiger partial charge in [0.25, 0.3) is 0 Å². The van der Waals surface area contributed by atoms with Crippen LogP contribution in [0.3, 0.4) is 0 Å². The molecule has 2 aromatic heterocycles. The van der Waals surface area contributed by atoms with Gasteiger partial charge < -0.3 is 9.88 Å². The molecular formula is C24H31N5. The Bertz CT molecular complexity index is 885. The molecule has 3 heterocycles. The molecule has 5 nitrogen and oxygen atoms in total. The molecule has 1 aliphatic heterocycles. The molecule has 1 aromatic carbocycles. The number of imidazole rings is 1. The second kappa shape index (κ2) is 9.31. The third kappa shape index (κ3) is 5.10. The number of piperidine rings is 1. The van der Waals surface area contributed by atoms with Crippen LogP contribution in [0.5, 0.6) is 0 Å². The SMILES string of the molecule is CC(C)CN1CCCC[C@@H]1CCc1ncc(-c2cnc(-c3ccccc3)nc2)[nH]1. The van der Waals surface area contributed by atoms with E-state index in [4.69, 9.17) is 0 Å². The van der Waals surface area contributed by atoms with Crippen molar-refractivity contribution in [2.24, 2.45) is 5.92 Å². The maximum absolute atomic E-state index is 4.61. The highest BCUT2D eigenvalue weighted by Crippen LogP contribution is 2.23. The normalized spacial score (nSPS) is 17.7. The number of aromatic nitrogens is 4. The van der Waals surface area contributed by atoms with Crippen LogP contribution in [-0.2, 0) is 6.42 Å². The lowest BCUT2D eigenvalue weighted by molar-refractivity contribution is 0.125. The largest absolute Gasteiger partial charge is 0.342 e. The fourth-order valence-corrected chi connectivity index (χ4v) is 4.24. The maximum Gasteiger partial charge on any atom is 0.159 e. The van der Waals surface area contributed by atoms with E-state index >= 15 is 0 Å². The standard InChI is InChI=1S/C24H31N5/c1-18(2)17-29-13-7-6-10-21(29)11-12-23-25-16-22(28-23)20-14-26-24(27-15-20)19-8-4-3-5-9-19/h3-5,8-9,14-16,18,21H,6-7,10-13,17H2,1-2H3,(H,25,28)/t21-/m1/s1. The molecule has 1 fully saturated rings. The van der Waals surface area contributed by atoms with Gasteiger partial charge in [0.2, 0.25) is 0 Å². The van der Waals surface area contributed by atoms with Crippen LogP contribution in [0, 0.1) is 5.92 Å². The van der Waals surface area contributed by atoms with Gasteiger partial charge in [0.05, 0.1) is 11.9 Å². The van der Waals surface area contributed by atoms with Crippen molar-refractivity contribution >= 4 is 0 Å². The van der Waals surface area contributed by atoms with E-state index < -0.39 is 0 Å². The van der Waals surface area contributed by atoms with Gasteiger partial charge in [-0.2, -0.15) is 0 Å². The first-order valence-electron chi connectivity index (χ1n) is 10.8. The Kier molecular flexibility index (Phi) is 6.35. The maximum atomic E-state index is 4.61. The van der Waals surface area contributed by atoms with E-state index in [1.807, 2.05) is 48.9 Å². The summed E-state index contributed by atoms with van der Waals surface area (Å²) in [6, 6.07) is 10.7. The zero-order valence-electron chi connectivity index (χ0n) is 17.5. The van der Waals surface area contributed by atoms with E-state index in [1.54, 1.807) is 0 Å². The topological polar surface area (TPSA) is 57.7 Å². The lowest BCUT2D eigenvalue weighted by Crippen LogP contribution is -2.41. The minimum atomic E-state index is 0.688. The highest BCUT2D eigenvalue weighted by Gasteiger charge is 2.23. The zero-order valence-corrected chi connectivity index (χ0v) is 17.5. The summed E-state index contributed by atoms with van der Waals surface area (Å²) >= 11 is 0. The van der Waals surface area contributed by atoms with Gasteiger partial charge in [-0.15, -0.1) is 0 Å². The van der Waals surface area contributed by atoms with Crippen LogP contribution in [0.2, 0.25) is 0 Å². The average molecular weight is 390 g/mol. The van der Waals surface area contributed by atoms with Crippen molar-refractivity contribution < 1.29 is 0 Å². The Hall–Kier alpha value is -2.53. The molecule has 29 heavy (non-hydrogen) atoms. The lowest BCUT2D eigenvalue weighted by atomic mass is 9.96. The van der Waals surface area contributed by atoms with Crippen LogP contribution in [0.1, 0.15) is 45.4 Å². The van der Waals surface area contributed by atoms with Crippen molar-refractivity contribution in [2.75, 3.05) is 13.1 Å². The summed E-state index contributed by atoms with van der Waals surface area (Å²) in [5, 5.41) is 0. The van der Waals surface area contributed by atoms with Gasteiger partial charge in [0.1, 0.15) is 5.82 Å². The van der Waals surface area contributed by atoms with E-state index in [0.717, 1.165) is 40.8 Å². The summed E-state index contributed by atoms with van der Waals surface area (Å²) in [5.41, 5.74) is 2.99. The van der Waals surface area contributed by atoms with Gasteiger partial charge in [-0.05, 0) is 31.7 Å². The summed E-state index contributed by atoms with van der Waals surface area (Å²) in [6.07, 6.45) is 11.8. The van der Waals surface area contributed by atoms with Crippen molar-refractivity contribution in [3.8, 4) is 22.6 Å². The van der Waals surface area contributed by atoms with E-state index in [1.165, 1.54) is 38.8 Å². The number of benzene rings is 1. The Morgan fingerprint density at radius 1 is 1.00 bits per heavy atom. The van der Waals surface area contributed by atoms with E-state index in [2.05, 4.69) is 38.7 Å². The molecular weight excluding hydrogens is 358 g/mol. The van der Waals surface area contributed by atoms with E-state index in [-0.39, 0.29) is 0 Å². The Balaban J connectivity index is 1.38. The van der Waals surface area contributed by atoms with Gasteiger partial charge in [0.15, 0.2) is 5.82 Å². The third-order valence-electron chi connectivity index (χ3n) is 5.69. The van der Waals surface area contributed by atoms with Crippen LogP contribution in [-0.4, -0.2) is 44.0 Å². The first-order chi connectivity index (χ1) is 14.2. The van der Waals surface area contributed by atoms with Gasteiger partial charge in [-0.25, -0.2) is 15.0 Å². The smallest absolute Gasteiger partial charge is 0.159 e. The lowest BCUT2D eigenvalue weighted by Gasteiger charge is -2.36. The predicted octanol–water partition coefficient (Wildman–Crippen LogP) is 4.98. The second-order valence-corrected chi connectivity index (χ2v) is 8.48. The number of nitrogens with zero attached hydrogens (tertiary/aromatic N) is 4. The van der Waals surface area contributed by atoms with Crippen molar-refractivity contribution in [1.82, 2.24) is 24.8 Å². The molecule has 1 saturated heterocycles. The highest BCUT2D eigenvalue weighted by atomic mass is 15.2. The predicted molar refractivity (Wildman–Crippen MR) is 117 cm³/mol. The third-order valence-corrected chi connectivity index (χ3v) is 5.69. The van der Waals surface area contributed by atoms with E-state index in [0.29, 0.717) is 6.04 Å². The molecule has 1 aliphatic rings. The van der Waals surface area contributed by atoms with Gasteiger partial charge in [-0.1, -0.05) is 50.6 Å². The number of nitrogens with one attached hydrogen (secondary N) is 1. The fraction of sp³-hybridized carbons (Fsp3) is 0.458. The molecule has 0 saturated carbocycles. The molecule has 0 spiro atoms. The van der Waals surface area contributed by atoms with Crippen LogP contribution >= 0.6 is 0 Å². The van der Waals surface area contributed by atoms with Crippen LogP contribution < -0.4 is 0 Å². The Morgan fingerprint density at radius 2 is 1.79 bits per heavy atom. The van der Waals surface area contributed by atoms with Gasteiger partial charge in [0, 0.05) is 42.5 Å². The van der Waals surface area contributed by atoms with Gasteiger partial charge in [-0.3, -0.25) is 0 Å². The molecule has 1 N–H and O–H groups in total.